The summed E-state index contributed by atoms with van der Waals surface area (Å²) in [4.78, 5) is 12.2. The molecule has 0 saturated heterocycles. The Balaban J connectivity index is 2.84. The molecular formula is C11H12Cl2OS. The van der Waals surface area contributed by atoms with Gasteiger partial charge in [0.1, 0.15) is 5.78 Å². The van der Waals surface area contributed by atoms with Gasteiger partial charge in [-0.2, -0.15) is 0 Å². The summed E-state index contributed by atoms with van der Waals surface area (Å²) < 4.78 is 0. The van der Waals surface area contributed by atoms with Crippen molar-refractivity contribution in [1.82, 2.24) is 0 Å². The number of rotatable bonds is 4. The summed E-state index contributed by atoms with van der Waals surface area (Å²) in [7, 11) is 0. The van der Waals surface area contributed by atoms with Crippen molar-refractivity contribution in [2.24, 2.45) is 0 Å². The van der Waals surface area contributed by atoms with Crippen molar-refractivity contribution < 1.29 is 4.79 Å². The Bertz CT molecular complexity index is 366. The van der Waals surface area contributed by atoms with Crippen LogP contribution in [-0.4, -0.2) is 11.0 Å². The Morgan fingerprint density at radius 1 is 1.47 bits per heavy atom. The van der Waals surface area contributed by atoms with Crippen molar-refractivity contribution in [2.45, 2.75) is 30.4 Å². The molecule has 0 radical (unpaired) electrons. The minimum atomic E-state index is -0.0244. The highest BCUT2D eigenvalue weighted by atomic mass is 35.5. The van der Waals surface area contributed by atoms with Crippen molar-refractivity contribution in [3.8, 4) is 0 Å². The first kappa shape index (κ1) is 12.9. The van der Waals surface area contributed by atoms with Gasteiger partial charge >= 0.3 is 0 Å². The van der Waals surface area contributed by atoms with E-state index in [9.17, 15) is 4.79 Å². The first-order valence-electron chi connectivity index (χ1n) is 4.66. The van der Waals surface area contributed by atoms with E-state index >= 15 is 0 Å². The van der Waals surface area contributed by atoms with Crippen molar-refractivity contribution in [2.75, 3.05) is 0 Å². The molecule has 1 nitrogen and oxygen atoms in total. The van der Waals surface area contributed by atoms with Gasteiger partial charge in [0.15, 0.2) is 0 Å². The lowest BCUT2D eigenvalue weighted by Crippen LogP contribution is -2.11. The normalized spacial score (nSPS) is 12.5. The zero-order valence-corrected chi connectivity index (χ0v) is 10.9. The second kappa shape index (κ2) is 5.78. The summed E-state index contributed by atoms with van der Waals surface area (Å²) in [6.07, 6.45) is 0.805. The molecule has 0 aliphatic heterocycles. The lowest BCUT2D eigenvalue weighted by atomic mass is 10.2. The third kappa shape index (κ3) is 3.71. The van der Waals surface area contributed by atoms with Crippen molar-refractivity contribution in [3.05, 3.63) is 28.2 Å². The summed E-state index contributed by atoms with van der Waals surface area (Å²) in [6.45, 7) is 3.59. The fourth-order valence-corrected chi connectivity index (χ4v) is 2.68. The van der Waals surface area contributed by atoms with Gasteiger partial charge in [0.25, 0.3) is 0 Å². The maximum atomic E-state index is 11.3. The van der Waals surface area contributed by atoms with E-state index in [1.807, 2.05) is 13.0 Å². The minimum Gasteiger partial charge on any atom is -0.299 e. The molecule has 0 amide bonds. The molecule has 0 saturated carbocycles. The fraction of sp³-hybridized carbons (Fsp3) is 0.364. The number of carbonyl (C=O) groups excluding carboxylic acids is 1. The van der Waals surface area contributed by atoms with Crippen molar-refractivity contribution >= 4 is 40.7 Å². The largest absolute Gasteiger partial charge is 0.299 e. The highest BCUT2D eigenvalue weighted by Crippen LogP contribution is 2.33. The third-order valence-corrected chi connectivity index (χ3v) is 4.21. The molecule has 0 heterocycles. The highest BCUT2D eigenvalue weighted by Gasteiger charge is 2.14. The van der Waals surface area contributed by atoms with Gasteiger partial charge < -0.3 is 0 Å². The second-order valence-corrected chi connectivity index (χ2v) is 5.29. The zero-order valence-electron chi connectivity index (χ0n) is 8.59. The van der Waals surface area contributed by atoms with Gasteiger partial charge in [-0.05, 0) is 31.5 Å². The lowest BCUT2D eigenvalue weighted by Gasteiger charge is -2.11. The number of hydrogen-bond donors (Lipinski definition) is 0. The molecule has 1 rings (SSSR count). The van der Waals surface area contributed by atoms with Crippen LogP contribution in [-0.2, 0) is 4.79 Å². The Kier molecular flexibility index (Phi) is 4.97. The van der Waals surface area contributed by atoms with Crippen LogP contribution in [0.25, 0.3) is 0 Å². The first-order chi connectivity index (χ1) is 7.04. The second-order valence-electron chi connectivity index (χ2n) is 3.20. The van der Waals surface area contributed by atoms with Gasteiger partial charge in [-0.3, -0.25) is 4.79 Å². The molecule has 0 spiro atoms. The van der Waals surface area contributed by atoms with Gasteiger partial charge in [-0.25, -0.2) is 0 Å². The van der Waals surface area contributed by atoms with Crippen molar-refractivity contribution in [1.29, 1.82) is 0 Å². The Morgan fingerprint density at radius 2 is 2.13 bits per heavy atom. The average Bonchev–Trinajstić information content (AvgIpc) is 2.16. The molecule has 0 N–H and O–H groups in total. The maximum Gasteiger partial charge on any atom is 0.143 e. The van der Waals surface area contributed by atoms with Crippen LogP contribution in [0.3, 0.4) is 0 Å². The van der Waals surface area contributed by atoms with Crippen LogP contribution in [0.1, 0.15) is 20.3 Å². The molecule has 1 aromatic rings. The van der Waals surface area contributed by atoms with Gasteiger partial charge in [-0.15, -0.1) is 11.8 Å². The molecule has 4 heteroatoms. The Hall–Kier alpha value is -0.180. The molecule has 82 valence electrons. The molecule has 0 aromatic heterocycles. The van der Waals surface area contributed by atoms with E-state index in [-0.39, 0.29) is 11.0 Å². The van der Waals surface area contributed by atoms with Crippen LogP contribution >= 0.6 is 35.0 Å². The van der Waals surface area contributed by atoms with Crippen LogP contribution in [0.5, 0.6) is 0 Å². The number of hydrogen-bond acceptors (Lipinski definition) is 2. The van der Waals surface area contributed by atoms with Gasteiger partial charge in [0.2, 0.25) is 0 Å². The van der Waals surface area contributed by atoms with E-state index in [2.05, 4.69) is 0 Å². The maximum absolute atomic E-state index is 11.3. The van der Waals surface area contributed by atoms with Crippen molar-refractivity contribution in [3.63, 3.8) is 0 Å². The fourth-order valence-electron chi connectivity index (χ4n) is 1.18. The van der Waals surface area contributed by atoms with E-state index in [4.69, 9.17) is 23.2 Å². The molecular weight excluding hydrogens is 251 g/mol. The van der Waals surface area contributed by atoms with Crippen LogP contribution in [0.2, 0.25) is 10.0 Å². The summed E-state index contributed by atoms with van der Waals surface area (Å²) in [5.41, 5.74) is 0. The third-order valence-electron chi connectivity index (χ3n) is 1.99. The number of halogens is 2. The average molecular weight is 263 g/mol. The number of Topliss-reactive ketones (excluding diaryl/α,β-unsaturated/α-hetero) is 1. The molecule has 15 heavy (non-hydrogen) atoms. The van der Waals surface area contributed by atoms with E-state index < -0.39 is 0 Å². The predicted octanol–water partition coefficient (Wildman–Crippen LogP) is 4.45. The van der Waals surface area contributed by atoms with Crippen LogP contribution in [0, 0.1) is 0 Å². The number of benzene rings is 1. The highest BCUT2D eigenvalue weighted by molar-refractivity contribution is 8.00. The molecule has 0 aliphatic carbocycles. The number of thioether (sulfide) groups is 1. The Morgan fingerprint density at radius 3 is 2.60 bits per heavy atom. The van der Waals surface area contributed by atoms with E-state index in [0.717, 1.165) is 11.3 Å². The van der Waals surface area contributed by atoms with E-state index in [1.165, 1.54) is 11.8 Å². The topological polar surface area (TPSA) is 17.1 Å². The van der Waals surface area contributed by atoms with E-state index in [1.54, 1.807) is 19.1 Å². The number of carbonyl (C=O) groups is 1. The standard InChI is InChI=1S/C11H12Cl2OS/c1-3-10(7(2)14)15-11-5-4-8(12)6-9(11)13/h4-6,10H,3H2,1-2H3. The molecule has 1 aromatic carbocycles. The minimum absolute atomic E-state index is 0.0244. The molecule has 1 unspecified atom stereocenters. The predicted molar refractivity (Wildman–Crippen MR) is 67.1 cm³/mol. The van der Waals surface area contributed by atoms with Gasteiger partial charge in [0, 0.05) is 9.92 Å². The smallest absolute Gasteiger partial charge is 0.143 e. The van der Waals surface area contributed by atoms with Gasteiger partial charge in [-0.1, -0.05) is 30.1 Å². The van der Waals surface area contributed by atoms with Crippen LogP contribution in [0.15, 0.2) is 23.1 Å². The summed E-state index contributed by atoms with van der Waals surface area (Å²) in [6, 6.07) is 5.32. The van der Waals surface area contributed by atoms with Gasteiger partial charge in [0.05, 0.1) is 10.3 Å². The van der Waals surface area contributed by atoms with E-state index in [0.29, 0.717) is 10.0 Å². The quantitative estimate of drug-likeness (QED) is 0.746. The van der Waals surface area contributed by atoms with Crippen LogP contribution < -0.4 is 0 Å². The number of ketones is 1. The Labute approximate surface area is 104 Å². The zero-order chi connectivity index (χ0) is 11.4. The molecule has 1 atom stereocenters. The lowest BCUT2D eigenvalue weighted by molar-refractivity contribution is -0.116. The summed E-state index contributed by atoms with van der Waals surface area (Å²) in [5, 5.41) is 1.19. The van der Waals surface area contributed by atoms with Crippen LogP contribution in [0.4, 0.5) is 0 Å². The molecule has 0 fully saturated rings. The molecule has 0 bridgehead atoms. The first-order valence-corrected chi connectivity index (χ1v) is 6.30. The SMILES string of the molecule is CCC(Sc1ccc(Cl)cc1Cl)C(C)=O. The summed E-state index contributed by atoms with van der Waals surface area (Å²) >= 11 is 13.3. The summed E-state index contributed by atoms with van der Waals surface area (Å²) in [5.74, 6) is 0.175. The molecule has 0 aliphatic rings. The monoisotopic (exact) mass is 262 g/mol.